The van der Waals surface area contributed by atoms with Crippen LogP contribution in [0.25, 0.3) is 0 Å². The molecule has 3 aliphatic rings. The zero-order chi connectivity index (χ0) is 32.1. The van der Waals surface area contributed by atoms with Crippen LogP contribution in [-0.2, 0) is 17.3 Å². The molecule has 0 spiro atoms. The Morgan fingerprint density at radius 3 is 1.96 bits per heavy atom. The minimum absolute atomic E-state index is 0.00440. The Kier molecular flexibility index (Phi) is 10.4. The molecule has 2 heterocycles. The van der Waals surface area contributed by atoms with Crippen molar-refractivity contribution in [2.75, 3.05) is 40.3 Å². The van der Waals surface area contributed by atoms with Gasteiger partial charge in [-0.25, -0.2) is 0 Å². The molecule has 0 radical (unpaired) electrons. The van der Waals surface area contributed by atoms with E-state index in [0.29, 0.717) is 17.7 Å². The Morgan fingerprint density at radius 2 is 1.38 bits per heavy atom. The highest BCUT2D eigenvalue weighted by Gasteiger charge is 2.39. The third-order valence-corrected chi connectivity index (χ3v) is 9.84. The quantitative estimate of drug-likeness (QED) is 0.315. The second-order valence-corrected chi connectivity index (χ2v) is 13.4. The number of benzene rings is 3. The van der Waals surface area contributed by atoms with Crippen LogP contribution in [0.4, 0.5) is 13.2 Å². The van der Waals surface area contributed by atoms with E-state index >= 15 is 0 Å². The smallest absolute Gasteiger partial charge is 0.341 e. The molecular formula is C37H47F3N4O. The van der Waals surface area contributed by atoms with E-state index in [9.17, 15) is 18.0 Å². The third-order valence-electron chi connectivity index (χ3n) is 9.84. The second kappa shape index (κ2) is 14.1. The third kappa shape index (κ3) is 7.97. The summed E-state index contributed by atoms with van der Waals surface area (Å²) in [7, 11) is 4.18. The van der Waals surface area contributed by atoms with Crippen LogP contribution < -0.4 is 11.1 Å². The lowest BCUT2D eigenvalue weighted by atomic mass is 9.81. The van der Waals surface area contributed by atoms with Crippen molar-refractivity contribution in [1.29, 1.82) is 0 Å². The largest absolute Gasteiger partial charge is 0.416 e. The first kappa shape index (κ1) is 33.2. The van der Waals surface area contributed by atoms with Crippen molar-refractivity contribution in [2.45, 2.75) is 74.5 Å². The standard InChI is InChI=1S/C25H29F3N2O.C12H18N2/c1-30-15-7-14-24(17-30,19-10-3-2-4-11-19)29-23(31)21-13-12-20(25(26,27)28)16-22(21)18-8-5-6-9-18;1-14-9-5-8-12(13,10-14)11-6-3-2-4-7-11/h2-4,10-13,16,18H,5-9,14-15,17H2,1H3,(H,29,31);2-4,6-7H,5,8-10,13H2,1H3. The van der Waals surface area contributed by atoms with Crippen molar-refractivity contribution in [2.24, 2.45) is 5.73 Å². The Labute approximate surface area is 266 Å². The topological polar surface area (TPSA) is 61.6 Å². The fourth-order valence-corrected chi connectivity index (χ4v) is 7.55. The van der Waals surface area contributed by atoms with Gasteiger partial charge in [-0.3, -0.25) is 4.79 Å². The van der Waals surface area contributed by atoms with Crippen molar-refractivity contribution in [1.82, 2.24) is 15.1 Å². The first-order chi connectivity index (χ1) is 21.5. The summed E-state index contributed by atoms with van der Waals surface area (Å²) < 4.78 is 40.1. The van der Waals surface area contributed by atoms with E-state index in [0.717, 1.165) is 69.7 Å². The maximum absolute atomic E-state index is 13.5. The molecule has 0 aromatic heterocycles. The van der Waals surface area contributed by atoms with Gasteiger partial charge in [-0.15, -0.1) is 0 Å². The summed E-state index contributed by atoms with van der Waals surface area (Å²) in [6, 6.07) is 24.0. The number of carbonyl (C=O) groups excluding carboxylic acids is 1. The minimum Gasteiger partial charge on any atom is -0.341 e. The summed E-state index contributed by atoms with van der Waals surface area (Å²) in [6.45, 7) is 3.77. The molecule has 6 rings (SSSR count). The zero-order valence-corrected chi connectivity index (χ0v) is 26.6. The van der Waals surface area contributed by atoms with E-state index in [-0.39, 0.29) is 17.4 Å². The van der Waals surface area contributed by atoms with E-state index in [1.54, 1.807) is 0 Å². The number of likely N-dealkylation sites (tertiary alicyclic amines) is 2. The molecule has 3 aromatic rings. The molecule has 8 heteroatoms. The number of likely N-dealkylation sites (N-methyl/N-ethyl adjacent to an activating group) is 2. The van der Waals surface area contributed by atoms with Crippen molar-refractivity contribution in [3.63, 3.8) is 0 Å². The van der Waals surface area contributed by atoms with Crippen LogP contribution in [0.15, 0.2) is 78.9 Å². The lowest BCUT2D eigenvalue weighted by Gasteiger charge is -2.42. The number of piperidine rings is 2. The highest BCUT2D eigenvalue weighted by Crippen LogP contribution is 2.40. The lowest BCUT2D eigenvalue weighted by Crippen LogP contribution is -2.55. The van der Waals surface area contributed by atoms with Crippen LogP contribution in [0, 0.1) is 0 Å². The van der Waals surface area contributed by atoms with Gasteiger partial charge in [0.2, 0.25) is 0 Å². The van der Waals surface area contributed by atoms with E-state index in [1.165, 1.54) is 30.7 Å². The van der Waals surface area contributed by atoms with Gasteiger partial charge in [-0.1, -0.05) is 73.5 Å². The molecule has 1 amide bonds. The first-order valence-corrected chi connectivity index (χ1v) is 16.3. The molecule has 2 aliphatic heterocycles. The highest BCUT2D eigenvalue weighted by atomic mass is 19.4. The van der Waals surface area contributed by atoms with Gasteiger partial charge < -0.3 is 20.9 Å². The van der Waals surface area contributed by atoms with Gasteiger partial charge in [-0.05, 0) is 107 Å². The number of hydrogen-bond acceptors (Lipinski definition) is 4. The van der Waals surface area contributed by atoms with Crippen molar-refractivity contribution in [3.8, 4) is 0 Å². The van der Waals surface area contributed by atoms with Crippen LogP contribution >= 0.6 is 0 Å². The van der Waals surface area contributed by atoms with Gasteiger partial charge >= 0.3 is 6.18 Å². The molecule has 2 saturated heterocycles. The predicted octanol–water partition coefficient (Wildman–Crippen LogP) is 7.28. The average Bonchev–Trinajstić information content (AvgIpc) is 3.57. The number of nitrogens with one attached hydrogen (secondary N) is 1. The minimum atomic E-state index is -4.42. The van der Waals surface area contributed by atoms with E-state index < -0.39 is 17.3 Å². The molecule has 2 atom stereocenters. The fourth-order valence-electron chi connectivity index (χ4n) is 7.55. The Balaban J connectivity index is 0.000000238. The Bertz CT molecular complexity index is 1410. The number of nitrogens with two attached hydrogens (primary N) is 1. The number of carbonyl (C=O) groups is 1. The molecule has 3 N–H and O–H groups in total. The summed E-state index contributed by atoms with van der Waals surface area (Å²) in [5.74, 6) is -0.278. The molecular weight excluding hydrogens is 573 g/mol. The van der Waals surface area contributed by atoms with Gasteiger partial charge in [0.1, 0.15) is 0 Å². The highest BCUT2D eigenvalue weighted by molar-refractivity contribution is 5.96. The summed E-state index contributed by atoms with van der Waals surface area (Å²) in [5.41, 5.74) is 8.28. The Hall–Kier alpha value is -3.20. The predicted molar refractivity (Wildman–Crippen MR) is 174 cm³/mol. The molecule has 2 unspecified atom stereocenters. The van der Waals surface area contributed by atoms with Gasteiger partial charge in [0.15, 0.2) is 0 Å². The SMILES string of the molecule is CN1CCCC(N)(c2ccccc2)C1.CN1CCCC(NC(=O)c2ccc(C(F)(F)F)cc2C2CCCC2)(c2ccccc2)C1. The maximum Gasteiger partial charge on any atom is 0.416 e. The van der Waals surface area contributed by atoms with E-state index in [1.807, 2.05) is 43.4 Å². The van der Waals surface area contributed by atoms with Crippen LogP contribution in [0.2, 0.25) is 0 Å². The normalized spacial score (nSPS) is 24.9. The molecule has 3 aromatic carbocycles. The van der Waals surface area contributed by atoms with E-state index in [4.69, 9.17) is 5.73 Å². The fraction of sp³-hybridized carbons (Fsp3) is 0.486. The van der Waals surface area contributed by atoms with Gasteiger partial charge in [0.05, 0.1) is 16.6 Å². The van der Waals surface area contributed by atoms with Crippen LogP contribution in [0.1, 0.15) is 89.9 Å². The molecule has 1 aliphatic carbocycles. The van der Waals surface area contributed by atoms with Crippen LogP contribution in [0.5, 0.6) is 0 Å². The average molecular weight is 621 g/mol. The number of halogens is 3. The second-order valence-electron chi connectivity index (χ2n) is 13.4. The number of rotatable bonds is 5. The summed E-state index contributed by atoms with van der Waals surface area (Å²) in [4.78, 5) is 18.0. The number of hydrogen-bond donors (Lipinski definition) is 2. The molecule has 45 heavy (non-hydrogen) atoms. The molecule has 242 valence electrons. The Morgan fingerprint density at radius 1 is 0.800 bits per heavy atom. The van der Waals surface area contributed by atoms with Crippen LogP contribution in [-0.4, -0.2) is 56.0 Å². The summed E-state index contributed by atoms with van der Waals surface area (Å²) >= 11 is 0. The van der Waals surface area contributed by atoms with Crippen molar-refractivity contribution in [3.05, 3.63) is 107 Å². The number of amides is 1. The summed E-state index contributed by atoms with van der Waals surface area (Å²) in [6.07, 6.45) is 3.24. The maximum atomic E-state index is 13.5. The number of alkyl halides is 3. The monoisotopic (exact) mass is 620 g/mol. The molecule has 1 saturated carbocycles. The van der Waals surface area contributed by atoms with E-state index in [2.05, 4.69) is 46.4 Å². The zero-order valence-electron chi connectivity index (χ0n) is 26.6. The summed E-state index contributed by atoms with van der Waals surface area (Å²) in [5, 5.41) is 3.26. The first-order valence-electron chi connectivity index (χ1n) is 16.3. The van der Waals surface area contributed by atoms with Gasteiger partial charge in [0, 0.05) is 18.7 Å². The lowest BCUT2D eigenvalue weighted by molar-refractivity contribution is -0.137. The van der Waals surface area contributed by atoms with Gasteiger partial charge in [0.25, 0.3) is 5.91 Å². The van der Waals surface area contributed by atoms with Crippen molar-refractivity contribution >= 4 is 5.91 Å². The molecule has 5 nitrogen and oxygen atoms in total. The van der Waals surface area contributed by atoms with Gasteiger partial charge in [-0.2, -0.15) is 13.2 Å². The molecule has 3 fully saturated rings. The van der Waals surface area contributed by atoms with Crippen molar-refractivity contribution < 1.29 is 18.0 Å². The van der Waals surface area contributed by atoms with Crippen LogP contribution in [0.3, 0.4) is 0 Å². The number of nitrogens with zero attached hydrogens (tertiary/aromatic N) is 2. The molecule has 0 bridgehead atoms.